The molecule has 136 valence electrons. The average molecular weight is 369 g/mol. The summed E-state index contributed by atoms with van der Waals surface area (Å²) in [5.41, 5.74) is 7.87. The minimum atomic E-state index is -0.400. The molecule has 0 aliphatic carbocycles. The molecule has 0 atom stereocenters. The Morgan fingerprint density at radius 3 is 2.35 bits per heavy atom. The average Bonchev–Trinajstić information content (AvgIpc) is 2.62. The molecule has 0 unspecified atom stereocenters. The Morgan fingerprint density at radius 2 is 1.69 bits per heavy atom. The lowest BCUT2D eigenvalue weighted by atomic mass is 10.1. The number of hydrogen-bond donors (Lipinski definition) is 2. The molecule has 0 heterocycles. The quantitative estimate of drug-likeness (QED) is 0.735. The van der Waals surface area contributed by atoms with E-state index < -0.39 is 5.91 Å². The summed E-state index contributed by atoms with van der Waals surface area (Å²) in [6, 6.07) is 17.3. The van der Waals surface area contributed by atoms with Crippen LogP contribution in [-0.2, 0) is 11.2 Å². The number of nitrogens with two attached hydrogens (primary N) is 1. The summed E-state index contributed by atoms with van der Waals surface area (Å²) in [7, 11) is 0. The van der Waals surface area contributed by atoms with E-state index in [0.717, 1.165) is 17.5 Å². The van der Waals surface area contributed by atoms with E-state index in [1.807, 2.05) is 60.4 Å². The first kappa shape index (κ1) is 19.6. The van der Waals surface area contributed by atoms with Gasteiger partial charge in [-0.25, -0.2) is 0 Å². The maximum Gasteiger partial charge on any atom is 0.257 e. The van der Waals surface area contributed by atoms with Crippen LogP contribution in [0.25, 0.3) is 0 Å². The van der Waals surface area contributed by atoms with E-state index in [-0.39, 0.29) is 12.3 Å². The van der Waals surface area contributed by atoms with Crippen LogP contribution in [0.3, 0.4) is 0 Å². The fraction of sp³-hybridized carbons (Fsp3) is 0.250. The molecule has 6 heteroatoms. The second kappa shape index (κ2) is 9.68. The Bertz CT molecular complexity index is 778. The summed E-state index contributed by atoms with van der Waals surface area (Å²) >= 11 is 5.40. The summed E-state index contributed by atoms with van der Waals surface area (Å²) in [5.74, 6) is -0.653. The Balaban J connectivity index is 2.03. The van der Waals surface area contributed by atoms with Gasteiger partial charge in [0.05, 0.1) is 0 Å². The fourth-order valence-corrected chi connectivity index (χ4v) is 2.82. The maximum absolute atomic E-state index is 12.5. The molecular formula is C20H23N3O2S. The molecular weight excluding hydrogens is 346 g/mol. The van der Waals surface area contributed by atoms with Crippen LogP contribution < -0.4 is 11.1 Å². The molecule has 0 fully saturated rings. The van der Waals surface area contributed by atoms with Gasteiger partial charge < -0.3 is 10.6 Å². The third-order valence-electron chi connectivity index (χ3n) is 4.04. The Kier molecular flexibility index (Phi) is 7.29. The van der Waals surface area contributed by atoms with Crippen molar-refractivity contribution in [2.75, 3.05) is 13.1 Å². The topological polar surface area (TPSA) is 75.4 Å². The monoisotopic (exact) mass is 369 g/mol. The fourth-order valence-electron chi connectivity index (χ4n) is 2.54. The first-order valence-corrected chi connectivity index (χ1v) is 8.86. The van der Waals surface area contributed by atoms with Gasteiger partial charge in [-0.1, -0.05) is 48.5 Å². The predicted octanol–water partition coefficient (Wildman–Crippen LogP) is 2.43. The molecule has 3 N–H and O–H groups in total. The predicted molar refractivity (Wildman–Crippen MR) is 107 cm³/mol. The lowest BCUT2D eigenvalue weighted by Crippen LogP contribution is -2.44. The molecule has 0 spiro atoms. The van der Waals surface area contributed by atoms with E-state index in [2.05, 4.69) is 5.32 Å². The molecule has 2 rings (SSSR count). The number of nitrogens with one attached hydrogen (secondary N) is 1. The Hall–Kier alpha value is -2.73. The molecule has 0 aliphatic heterocycles. The zero-order chi connectivity index (χ0) is 18.9. The number of amides is 2. The highest BCUT2D eigenvalue weighted by Gasteiger charge is 2.16. The van der Waals surface area contributed by atoms with Crippen LogP contribution >= 0.6 is 12.2 Å². The summed E-state index contributed by atoms with van der Waals surface area (Å²) < 4.78 is 0. The SMILES string of the molecule is Cc1ccccc1C(=O)NC(=S)N(CCC(N)=O)CCc1ccccc1. The van der Waals surface area contributed by atoms with Crippen molar-refractivity contribution >= 4 is 29.1 Å². The Labute approximate surface area is 159 Å². The van der Waals surface area contributed by atoms with Crippen molar-refractivity contribution in [2.45, 2.75) is 19.8 Å². The number of carbonyl (C=O) groups is 2. The van der Waals surface area contributed by atoms with Crippen LogP contribution in [0.15, 0.2) is 54.6 Å². The highest BCUT2D eigenvalue weighted by atomic mass is 32.1. The largest absolute Gasteiger partial charge is 0.370 e. The number of benzene rings is 2. The normalized spacial score (nSPS) is 10.2. The number of thiocarbonyl (C=S) groups is 1. The molecule has 2 aromatic carbocycles. The first-order chi connectivity index (χ1) is 12.5. The third-order valence-corrected chi connectivity index (χ3v) is 4.40. The van der Waals surface area contributed by atoms with Gasteiger partial charge in [0.1, 0.15) is 0 Å². The molecule has 2 amide bonds. The van der Waals surface area contributed by atoms with Crippen LogP contribution in [-0.4, -0.2) is 34.9 Å². The van der Waals surface area contributed by atoms with Crippen LogP contribution in [0.1, 0.15) is 27.9 Å². The van der Waals surface area contributed by atoms with Crippen molar-refractivity contribution in [3.8, 4) is 0 Å². The second-order valence-electron chi connectivity index (χ2n) is 6.01. The highest BCUT2D eigenvalue weighted by molar-refractivity contribution is 7.80. The molecule has 0 saturated carbocycles. The van der Waals surface area contributed by atoms with Gasteiger partial charge in [0.25, 0.3) is 5.91 Å². The van der Waals surface area contributed by atoms with Crippen LogP contribution in [0, 0.1) is 6.92 Å². The summed E-state index contributed by atoms with van der Waals surface area (Å²) in [6.07, 6.45) is 0.926. The standard InChI is InChI=1S/C20H23N3O2S/c1-15-7-5-6-10-17(15)19(25)22-20(26)23(14-12-18(21)24)13-11-16-8-3-2-4-9-16/h2-10H,11-14H2,1H3,(H2,21,24)(H,22,25,26). The van der Waals surface area contributed by atoms with Crippen LogP contribution in [0.2, 0.25) is 0 Å². The van der Waals surface area contributed by atoms with E-state index in [9.17, 15) is 9.59 Å². The van der Waals surface area contributed by atoms with Gasteiger partial charge in [0, 0.05) is 25.1 Å². The van der Waals surface area contributed by atoms with E-state index in [1.165, 1.54) is 0 Å². The Morgan fingerprint density at radius 1 is 1.04 bits per heavy atom. The lowest BCUT2D eigenvalue weighted by molar-refractivity contribution is -0.118. The number of nitrogens with zero attached hydrogens (tertiary/aromatic N) is 1. The number of primary amides is 1. The van der Waals surface area contributed by atoms with Crippen molar-refractivity contribution in [3.05, 3.63) is 71.3 Å². The van der Waals surface area contributed by atoms with Gasteiger partial charge in [0.15, 0.2) is 5.11 Å². The second-order valence-corrected chi connectivity index (χ2v) is 6.40. The van der Waals surface area contributed by atoms with Gasteiger partial charge in [-0.15, -0.1) is 0 Å². The molecule has 5 nitrogen and oxygen atoms in total. The third kappa shape index (κ3) is 5.97. The van der Waals surface area contributed by atoms with E-state index in [0.29, 0.717) is 23.8 Å². The van der Waals surface area contributed by atoms with Crippen molar-refractivity contribution < 1.29 is 9.59 Å². The number of aryl methyl sites for hydroxylation is 1. The minimum Gasteiger partial charge on any atom is -0.370 e. The van der Waals surface area contributed by atoms with Gasteiger partial charge in [-0.2, -0.15) is 0 Å². The van der Waals surface area contributed by atoms with Gasteiger partial charge >= 0.3 is 0 Å². The number of hydrogen-bond acceptors (Lipinski definition) is 3. The molecule has 0 bridgehead atoms. The summed E-state index contributed by atoms with van der Waals surface area (Å²) in [5, 5.41) is 3.06. The maximum atomic E-state index is 12.5. The van der Waals surface area contributed by atoms with Crippen LogP contribution in [0.4, 0.5) is 0 Å². The number of carbonyl (C=O) groups excluding carboxylic acids is 2. The zero-order valence-electron chi connectivity index (χ0n) is 14.8. The van der Waals surface area contributed by atoms with E-state index in [1.54, 1.807) is 6.07 Å². The molecule has 26 heavy (non-hydrogen) atoms. The zero-order valence-corrected chi connectivity index (χ0v) is 15.6. The molecule has 0 saturated heterocycles. The molecule has 2 aromatic rings. The van der Waals surface area contributed by atoms with Gasteiger partial charge in [0.2, 0.25) is 5.91 Å². The minimum absolute atomic E-state index is 0.176. The summed E-state index contributed by atoms with van der Waals surface area (Å²) in [4.78, 5) is 25.4. The number of rotatable bonds is 7. The van der Waals surface area contributed by atoms with Gasteiger partial charge in [-0.3, -0.25) is 14.9 Å². The molecule has 0 aliphatic rings. The summed E-state index contributed by atoms with van der Waals surface area (Å²) in [6.45, 7) is 2.83. The van der Waals surface area contributed by atoms with Crippen molar-refractivity contribution in [3.63, 3.8) is 0 Å². The smallest absolute Gasteiger partial charge is 0.257 e. The first-order valence-electron chi connectivity index (χ1n) is 8.45. The van der Waals surface area contributed by atoms with Crippen molar-refractivity contribution in [2.24, 2.45) is 5.73 Å². The molecule has 0 aromatic heterocycles. The van der Waals surface area contributed by atoms with Crippen molar-refractivity contribution in [1.82, 2.24) is 10.2 Å². The van der Waals surface area contributed by atoms with Crippen LogP contribution in [0.5, 0.6) is 0 Å². The molecule has 0 radical (unpaired) electrons. The highest BCUT2D eigenvalue weighted by Crippen LogP contribution is 2.08. The lowest BCUT2D eigenvalue weighted by Gasteiger charge is -2.25. The van der Waals surface area contributed by atoms with E-state index in [4.69, 9.17) is 18.0 Å². The van der Waals surface area contributed by atoms with E-state index >= 15 is 0 Å². The van der Waals surface area contributed by atoms with Gasteiger partial charge in [-0.05, 0) is 42.8 Å². The van der Waals surface area contributed by atoms with Crippen molar-refractivity contribution in [1.29, 1.82) is 0 Å².